The summed E-state index contributed by atoms with van der Waals surface area (Å²) < 4.78 is 7.46. The summed E-state index contributed by atoms with van der Waals surface area (Å²) in [4.78, 5) is 4.20. The second kappa shape index (κ2) is 7.78. The molecule has 5 nitrogen and oxygen atoms in total. The van der Waals surface area contributed by atoms with E-state index in [1.165, 1.54) is 12.8 Å². The second-order valence-electron chi connectivity index (χ2n) is 5.33. The Labute approximate surface area is 126 Å². The first-order valence-electron chi connectivity index (χ1n) is 7.56. The van der Waals surface area contributed by atoms with Crippen molar-refractivity contribution in [2.75, 3.05) is 6.54 Å². The number of ether oxygens (including phenoxy) is 1. The van der Waals surface area contributed by atoms with Crippen LogP contribution in [0.4, 0.5) is 0 Å². The van der Waals surface area contributed by atoms with Crippen molar-refractivity contribution >= 4 is 0 Å². The third-order valence-corrected chi connectivity index (χ3v) is 3.27. The van der Waals surface area contributed by atoms with Crippen LogP contribution in [-0.2, 0) is 0 Å². The Morgan fingerprint density at radius 2 is 2.00 bits per heavy atom. The van der Waals surface area contributed by atoms with Crippen LogP contribution in [0.25, 0.3) is 5.69 Å². The smallest absolute Gasteiger partial charge is 0.336 e. The van der Waals surface area contributed by atoms with Crippen LogP contribution >= 0.6 is 0 Å². The van der Waals surface area contributed by atoms with E-state index < -0.39 is 0 Å². The molecule has 1 N–H and O–H groups in total. The Morgan fingerprint density at radius 1 is 1.24 bits per heavy atom. The molecular weight excluding hydrogens is 264 g/mol. The van der Waals surface area contributed by atoms with E-state index in [1.807, 2.05) is 37.3 Å². The molecule has 1 aromatic heterocycles. The molecule has 0 bridgehead atoms. The summed E-state index contributed by atoms with van der Waals surface area (Å²) in [5.41, 5.74) is 0.974. The quantitative estimate of drug-likeness (QED) is 0.811. The van der Waals surface area contributed by atoms with Gasteiger partial charge in [0, 0.05) is 12.6 Å². The van der Waals surface area contributed by atoms with Crippen molar-refractivity contribution in [1.82, 2.24) is 20.1 Å². The van der Waals surface area contributed by atoms with Crippen LogP contribution in [0, 0.1) is 0 Å². The van der Waals surface area contributed by atoms with Gasteiger partial charge in [-0.2, -0.15) is 4.98 Å². The molecule has 0 amide bonds. The minimum atomic E-state index is 0.0379. The van der Waals surface area contributed by atoms with Crippen LogP contribution in [0.5, 0.6) is 6.01 Å². The fraction of sp³-hybridized carbons (Fsp3) is 0.500. The maximum absolute atomic E-state index is 5.74. The highest BCUT2D eigenvalue weighted by Gasteiger charge is 2.10. The minimum Gasteiger partial charge on any atom is -0.458 e. The molecule has 114 valence electrons. The first kappa shape index (κ1) is 15.5. The zero-order chi connectivity index (χ0) is 15.1. The predicted octanol–water partition coefficient (Wildman–Crippen LogP) is 2.81. The van der Waals surface area contributed by atoms with Crippen LogP contribution in [0.2, 0.25) is 0 Å². The molecule has 0 saturated heterocycles. The summed E-state index contributed by atoms with van der Waals surface area (Å²) in [7, 11) is 0. The molecule has 5 heteroatoms. The van der Waals surface area contributed by atoms with Crippen molar-refractivity contribution in [3.8, 4) is 11.7 Å². The van der Waals surface area contributed by atoms with Gasteiger partial charge in [-0.15, -0.1) is 5.10 Å². The maximum Gasteiger partial charge on any atom is 0.336 e. The van der Waals surface area contributed by atoms with E-state index in [2.05, 4.69) is 29.2 Å². The SMILES string of the molecule is CCCC(C)NCC(C)Oc1ncn(-c2ccccc2)n1. The van der Waals surface area contributed by atoms with Crippen LogP contribution in [0.3, 0.4) is 0 Å². The molecular formula is C16H24N4O. The molecule has 0 aliphatic heterocycles. The van der Waals surface area contributed by atoms with Crippen molar-refractivity contribution in [2.45, 2.75) is 45.8 Å². The van der Waals surface area contributed by atoms with Gasteiger partial charge in [-0.25, -0.2) is 4.68 Å². The van der Waals surface area contributed by atoms with E-state index in [4.69, 9.17) is 4.74 Å². The molecule has 1 heterocycles. The standard InChI is InChI=1S/C16H24N4O/c1-4-8-13(2)17-11-14(3)21-16-18-12-20(19-16)15-9-6-5-7-10-15/h5-7,9-10,12-14,17H,4,8,11H2,1-3H3. The van der Waals surface area contributed by atoms with Gasteiger partial charge in [0.2, 0.25) is 0 Å². The molecule has 0 radical (unpaired) electrons. The average Bonchev–Trinajstić information content (AvgIpc) is 2.95. The van der Waals surface area contributed by atoms with Crippen LogP contribution in [-0.4, -0.2) is 33.5 Å². The van der Waals surface area contributed by atoms with Gasteiger partial charge >= 0.3 is 6.01 Å². The molecule has 0 fully saturated rings. The van der Waals surface area contributed by atoms with Gasteiger partial charge in [0.1, 0.15) is 12.4 Å². The van der Waals surface area contributed by atoms with Crippen LogP contribution < -0.4 is 10.1 Å². The summed E-state index contributed by atoms with van der Waals surface area (Å²) in [6.45, 7) is 7.20. The number of rotatable bonds is 8. The highest BCUT2D eigenvalue weighted by Crippen LogP contribution is 2.09. The minimum absolute atomic E-state index is 0.0379. The van der Waals surface area contributed by atoms with Crippen LogP contribution in [0.15, 0.2) is 36.7 Å². The lowest BCUT2D eigenvalue weighted by Crippen LogP contribution is -2.35. The molecule has 0 spiro atoms. The van der Waals surface area contributed by atoms with Crippen molar-refractivity contribution in [1.29, 1.82) is 0 Å². The topological polar surface area (TPSA) is 52.0 Å². The van der Waals surface area contributed by atoms with Gasteiger partial charge in [-0.05, 0) is 32.4 Å². The van der Waals surface area contributed by atoms with E-state index in [9.17, 15) is 0 Å². The maximum atomic E-state index is 5.74. The van der Waals surface area contributed by atoms with Gasteiger partial charge < -0.3 is 10.1 Å². The molecule has 0 aliphatic rings. The number of hydrogen-bond donors (Lipinski definition) is 1. The summed E-state index contributed by atoms with van der Waals surface area (Å²) in [6, 6.07) is 10.8. The molecule has 2 aromatic rings. The molecule has 2 unspecified atom stereocenters. The predicted molar refractivity (Wildman–Crippen MR) is 83.8 cm³/mol. The molecule has 21 heavy (non-hydrogen) atoms. The Kier molecular flexibility index (Phi) is 5.75. The van der Waals surface area contributed by atoms with Crippen molar-refractivity contribution in [2.24, 2.45) is 0 Å². The Balaban J connectivity index is 1.85. The lowest BCUT2D eigenvalue weighted by molar-refractivity contribution is 0.194. The molecule has 2 atom stereocenters. The van der Waals surface area contributed by atoms with Gasteiger partial charge in [0.15, 0.2) is 0 Å². The fourth-order valence-corrected chi connectivity index (χ4v) is 2.13. The Hall–Kier alpha value is -1.88. The van der Waals surface area contributed by atoms with Gasteiger partial charge in [0.05, 0.1) is 5.69 Å². The normalized spacial score (nSPS) is 13.9. The van der Waals surface area contributed by atoms with E-state index in [1.54, 1.807) is 11.0 Å². The van der Waals surface area contributed by atoms with Crippen molar-refractivity contribution in [3.63, 3.8) is 0 Å². The molecule has 2 rings (SSSR count). The zero-order valence-corrected chi connectivity index (χ0v) is 13.0. The van der Waals surface area contributed by atoms with Crippen molar-refractivity contribution < 1.29 is 4.74 Å². The summed E-state index contributed by atoms with van der Waals surface area (Å²) >= 11 is 0. The fourth-order valence-electron chi connectivity index (χ4n) is 2.13. The highest BCUT2D eigenvalue weighted by atomic mass is 16.5. The largest absolute Gasteiger partial charge is 0.458 e. The zero-order valence-electron chi connectivity index (χ0n) is 13.0. The van der Waals surface area contributed by atoms with E-state index >= 15 is 0 Å². The Bertz CT molecular complexity index is 526. The lowest BCUT2D eigenvalue weighted by atomic mass is 10.2. The molecule has 0 saturated carbocycles. The summed E-state index contributed by atoms with van der Waals surface area (Å²) in [5.74, 6) is 0. The number of aromatic nitrogens is 3. The first-order chi connectivity index (χ1) is 10.2. The summed E-state index contributed by atoms with van der Waals surface area (Å²) in [6.07, 6.45) is 4.07. The third-order valence-electron chi connectivity index (χ3n) is 3.27. The van der Waals surface area contributed by atoms with Crippen molar-refractivity contribution in [3.05, 3.63) is 36.7 Å². The number of nitrogens with one attached hydrogen (secondary N) is 1. The third kappa shape index (κ3) is 4.86. The molecule has 1 aromatic carbocycles. The van der Waals surface area contributed by atoms with E-state index in [0.717, 1.165) is 12.2 Å². The first-order valence-corrected chi connectivity index (χ1v) is 7.56. The average molecular weight is 288 g/mol. The number of nitrogens with zero attached hydrogens (tertiary/aromatic N) is 3. The number of para-hydroxylation sites is 1. The van der Waals surface area contributed by atoms with Gasteiger partial charge in [-0.1, -0.05) is 31.5 Å². The van der Waals surface area contributed by atoms with E-state index in [0.29, 0.717) is 12.1 Å². The van der Waals surface area contributed by atoms with Crippen LogP contribution in [0.1, 0.15) is 33.6 Å². The Morgan fingerprint density at radius 3 is 2.71 bits per heavy atom. The summed E-state index contributed by atoms with van der Waals surface area (Å²) in [5, 5.41) is 7.79. The number of benzene rings is 1. The van der Waals surface area contributed by atoms with Gasteiger partial charge in [0.25, 0.3) is 0 Å². The second-order valence-corrected chi connectivity index (χ2v) is 5.33. The number of hydrogen-bond acceptors (Lipinski definition) is 4. The highest BCUT2D eigenvalue weighted by molar-refractivity contribution is 5.29. The van der Waals surface area contributed by atoms with Gasteiger partial charge in [-0.3, -0.25) is 0 Å². The lowest BCUT2D eigenvalue weighted by Gasteiger charge is -2.17. The molecule has 0 aliphatic carbocycles. The monoisotopic (exact) mass is 288 g/mol. The van der Waals surface area contributed by atoms with E-state index in [-0.39, 0.29) is 6.10 Å².